The van der Waals surface area contributed by atoms with Gasteiger partial charge in [-0.25, -0.2) is 0 Å². The molecule has 1 aromatic heterocycles. The molecule has 0 unspecified atom stereocenters. The quantitative estimate of drug-likeness (QED) is 0.731. The molecule has 1 amide bonds. The van der Waals surface area contributed by atoms with Crippen LogP contribution in [0.4, 0.5) is 0 Å². The summed E-state index contributed by atoms with van der Waals surface area (Å²) in [5.74, 6) is -0.333. The van der Waals surface area contributed by atoms with E-state index in [1.54, 1.807) is 12.3 Å². The highest BCUT2D eigenvalue weighted by molar-refractivity contribution is 9.10. The zero-order valence-corrected chi connectivity index (χ0v) is 15.3. The van der Waals surface area contributed by atoms with Crippen LogP contribution in [-0.4, -0.2) is 10.5 Å². The average Bonchev–Trinajstić information content (AvgIpc) is 3.01. The summed E-state index contributed by atoms with van der Waals surface area (Å²) in [5, 5.41) is 3.54. The van der Waals surface area contributed by atoms with Crippen LogP contribution in [0.25, 0.3) is 10.9 Å². The van der Waals surface area contributed by atoms with Gasteiger partial charge in [0.15, 0.2) is 0 Å². The van der Waals surface area contributed by atoms with Gasteiger partial charge in [0, 0.05) is 22.6 Å². The molecule has 5 heteroatoms. The Morgan fingerprint density at radius 3 is 2.76 bits per heavy atom. The van der Waals surface area contributed by atoms with Crippen molar-refractivity contribution in [2.24, 2.45) is 0 Å². The van der Waals surface area contributed by atoms with Gasteiger partial charge in [0.1, 0.15) is 5.56 Å². The Labute approximate surface area is 153 Å². The highest BCUT2D eigenvalue weighted by Gasteiger charge is 2.22. The number of hydrogen-bond donors (Lipinski definition) is 1. The second kappa shape index (κ2) is 6.15. The van der Waals surface area contributed by atoms with Gasteiger partial charge in [-0.1, -0.05) is 46.3 Å². The standard InChI is InChI=1S/C20H17BrN2O2/c1-12(13-5-3-2-4-6-13)22-20(25)17-11-23-8-7-14-9-15(21)10-16(18(14)23)19(17)24/h2-6,9-12H,7-8H2,1H3,(H,22,25)/t12-/m0/s1. The average molecular weight is 397 g/mol. The first-order chi connectivity index (χ1) is 12.0. The second-order valence-corrected chi connectivity index (χ2v) is 7.30. The van der Waals surface area contributed by atoms with E-state index in [0.29, 0.717) is 5.39 Å². The van der Waals surface area contributed by atoms with E-state index >= 15 is 0 Å². The smallest absolute Gasteiger partial charge is 0.257 e. The molecular weight excluding hydrogens is 380 g/mol. The number of benzene rings is 2. The molecule has 0 bridgehead atoms. The lowest BCUT2D eigenvalue weighted by atomic mass is 10.1. The zero-order chi connectivity index (χ0) is 17.6. The van der Waals surface area contributed by atoms with E-state index in [-0.39, 0.29) is 22.9 Å². The van der Waals surface area contributed by atoms with Crippen molar-refractivity contribution in [1.82, 2.24) is 9.88 Å². The largest absolute Gasteiger partial charge is 0.346 e. The van der Waals surface area contributed by atoms with Crippen LogP contribution in [-0.2, 0) is 13.0 Å². The highest BCUT2D eigenvalue weighted by Crippen LogP contribution is 2.28. The summed E-state index contributed by atoms with van der Waals surface area (Å²) in [5.41, 5.74) is 3.08. The molecular formula is C20H17BrN2O2. The Hall–Kier alpha value is -2.40. The third-order valence-electron chi connectivity index (χ3n) is 4.73. The summed E-state index contributed by atoms with van der Waals surface area (Å²) in [7, 11) is 0. The summed E-state index contributed by atoms with van der Waals surface area (Å²) in [6.45, 7) is 2.71. The Balaban J connectivity index is 1.74. The van der Waals surface area contributed by atoms with Crippen LogP contribution < -0.4 is 10.7 Å². The van der Waals surface area contributed by atoms with Crippen LogP contribution in [0.1, 0.15) is 34.5 Å². The summed E-state index contributed by atoms with van der Waals surface area (Å²) in [6.07, 6.45) is 2.57. The van der Waals surface area contributed by atoms with Gasteiger partial charge in [0.2, 0.25) is 5.43 Å². The maximum atomic E-state index is 12.9. The van der Waals surface area contributed by atoms with Gasteiger partial charge in [-0.05, 0) is 36.6 Å². The number of carbonyl (C=O) groups excluding carboxylic acids is 1. The lowest BCUT2D eigenvalue weighted by Crippen LogP contribution is -2.31. The van der Waals surface area contributed by atoms with Gasteiger partial charge in [0.25, 0.3) is 5.91 Å². The molecule has 1 aliphatic heterocycles. The third kappa shape index (κ3) is 2.78. The maximum Gasteiger partial charge on any atom is 0.257 e. The first kappa shape index (κ1) is 16.1. The Morgan fingerprint density at radius 2 is 2.00 bits per heavy atom. The molecule has 0 spiro atoms. The molecule has 2 aromatic carbocycles. The Kier molecular flexibility index (Phi) is 3.96. The number of carbonyl (C=O) groups is 1. The number of nitrogens with zero attached hydrogens (tertiary/aromatic N) is 1. The molecule has 0 fully saturated rings. The predicted octanol–water partition coefficient (Wildman–Crippen LogP) is 3.81. The molecule has 1 N–H and O–H groups in total. The molecule has 4 nitrogen and oxygen atoms in total. The molecule has 0 saturated heterocycles. The number of aryl methyl sites for hydroxylation is 2. The maximum absolute atomic E-state index is 12.9. The van der Waals surface area contributed by atoms with Crippen molar-refractivity contribution in [1.29, 1.82) is 0 Å². The zero-order valence-electron chi connectivity index (χ0n) is 13.8. The van der Waals surface area contributed by atoms with Crippen molar-refractivity contribution < 1.29 is 4.79 Å². The summed E-state index contributed by atoms with van der Waals surface area (Å²) >= 11 is 3.47. The number of aromatic nitrogens is 1. The fourth-order valence-corrected chi connectivity index (χ4v) is 3.97. The summed E-state index contributed by atoms with van der Waals surface area (Å²) in [6, 6.07) is 13.4. The minimum absolute atomic E-state index is 0.166. The van der Waals surface area contributed by atoms with Gasteiger partial charge in [-0.15, -0.1) is 0 Å². The van der Waals surface area contributed by atoms with Crippen molar-refractivity contribution in [2.75, 3.05) is 0 Å². The number of amides is 1. The number of hydrogen-bond acceptors (Lipinski definition) is 2. The lowest BCUT2D eigenvalue weighted by Gasteiger charge is -2.15. The van der Waals surface area contributed by atoms with E-state index in [4.69, 9.17) is 0 Å². The van der Waals surface area contributed by atoms with E-state index in [1.165, 1.54) is 0 Å². The van der Waals surface area contributed by atoms with Crippen LogP contribution in [0.5, 0.6) is 0 Å². The molecule has 2 heterocycles. The molecule has 1 atom stereocenters. The van der Waals surface area contributed by atoms with Crippen molar-refractivity contribution in [2.45, 2.75) is 25.9 Å². The molecule has 4 rings (SSSR count). The summed E-state index contributed by atoms with van der Waals surface area (Å²) < 4.78 is 2.89. The second-order valence-electron chi connectivity index (χ2n) is 6.38. The number of nitrogens with one attached hydrogen (secondary N) is 1. The lowest BCUT2D eigenvalue weighted by molar-refractivity contribution is 0.0938. The van der Waals surface area contributed by atoms with Gasteiger partial charge >= 0.3 is 0 Å². The molecule has 3 aromatic rings. The number of halogens is 1. The SMILES string of the molecule is C[C@H](NC(=O)c1cn2c3c(cc(Br)cc3c1=O)CC2)c1ccccc1. The van der Waals surface area contributed by atoms with E-state index in [2.05, 4.69) is 21.2 Å². The van der Waals surface area contributed by atoms with Crippen molar-refractivity contribution >= 4 is 32.7 Å². The summed E-state index contributed by atoms with van der Waals surface area (Å²) in [4.78, 5) is 25.6. The van der Waals surface area contributed by atoms with Crippen molar-refractivity contribution in [3.05, 3.63) is 80.0 Å². The molecule has 1 aliphatic rings. The molecule has 0 saturated carbocycles. The number of pyridine rings is 1. The van der Waals surface area contributed by atoms with Gasteiger partial charge in [-0.2, -0.15) is 0 Å². The predicted molar refractivity (Wildman–Crippen MR) is 102 cm³/mol. The molecule has 25 heavy (non-hydrogen) atoms. The topological polar surface area (TPSA) is 51.1 Å². The Bertz CT molecular complexity index is 1040. The van der Waals surface area contributed by atoms with Crippen LogP contribution >= 0.6 is 15.9 Å². The fourth-order valence-electron chi connectivity index (χ4n) is 3.46. The van der Waals surface area contributed by atoms with Crippen LogP contribution in [0, 0.1) is 0 Å². The number of rotatable bonds is 3. The van der Waals surface area contributed by atoms with E-state index < -0.39 is 0 Å². The van der Waals surface area contributed by atoms with Gasteiger partial charge in [0.05, 0.1) is 11.6 Å². The van der Waals surface area contributed by atoms with Crippen LogP contribution in [0.15, 0.2) is 57.9 Å². The van der Waals surface area contributed by atoms with Crippen LogP contribution in [0.3, 0.4) is 0 Å². The monoisotopic (exact) mass is 396 g/mol. The normalized spacial score (nSPS) is 13.8. The van der Waals surface area contributed by atoms with E-state index in [9.17, 15) is 9.59 Å². The minimum Gasteiger partial charge on any atom is -0.346 e. The Morgan fingerprint density at radius 1 is 1.24 bits per heavy atom. The molecule has 126 valence electrons. The third-order valence-corrected chi connectivity index (χ3v) is 5.19. The molecule has 0 radical (unpaired) electrons. The van der Waals surface area contributed by atoms with Gasteiger partial charge < -0.3 is 9.88 Å². The van der Waals surface area contributed by atoms with Crippen LogP contribution in [0.2, 0.25) is 0 Å². The van der Waals surface area contributed by atoms with E-state index in [0.717, 1.165) is 34.1 Å². The van der Waals surface area contributed by atoms with E-state index in [1.807, 2.05) is 47.9 Å². The van der Waals surface area contributed by atoms with Gasteiger partial charge in [-0.3, -0.25) is 9.59 Å². The first-order valence-corrected chi connectivity index (χ1v) is 9.05. The fraction of sp³-hybridized carbons (Fsp3) is 0.200. The first-order valence-electron chi connectivity index (χ1n) is 8.26. The highest BCUT2D eigenvalue weighted by atomic mass is 79.9. The minimum atomic E-state index is -0.333. The molecule has 0 aliphatic carbocycles. The van der Waals surface area contributed by atoms with Crippen molar-refractivity contribution in [3.8, 4) is 0 Å². The van der Waals surface area contributed by atoms with Crippen molar-refractivity contribution in [3.63, 3.8) is 0 Å².